The molecule has 1 unspecified atom stereocenters. The van der Waals surface area contributed by atoms with Gasteiger partial charge in [-0.1, -0.05) is 0 Å². The average molecular weight is 297 g/mol. The molecule has 1 atom stereocenters. The molecule has 1 aromatic rings. The van der Waals surface area contributed by atoms with Crippen molar-refractivity contribution in [2.45, 2.75) is 6.42 Å². The molecule has 0 aromatic heterocycles. The molecule has 0 saturated carbocycles. The summed E-state index contributed by atoms with van der Waals surface area (Å²) in [5, 5.41) is 3.03. The highest BCUT2D eigenvalue weighted by Crippen LogP contribution is 2.32. The number of benzene rings is 1. The van der Waals surface area contributed by atoms with Gasteiger partial charge in [0.25, 0.3) is 0 Å². The van der Waals surface area contributed by atoms with Crippen molar-refractivity contribution in [1.29, 1.82) is 0 Å². The topological polar surface area (TPSA) is 58.6 Å². The lowest BCUT2D eigenvalue weighted by atomic mass is 10.1. The van der Waals surface area contributed by atoms with E-state index in [2.05, 4.69) is 5.32 Å². The van der Waals surface area contributed by atoms with Gasteiger partial charge < -0.3 is 15.0 Å². The number of methoxy groups -OCH3 is 1. The van der Waals surface area contributed by atoms with Crippen LogP contribution in [0, 0.1) is 5.92 Å². The standard InChI is InChI=1S/C14H17ClN2O3/c1-16-11-4-3-10(14(19)20-2)6-12(11)17-8-9(7-15)5-13(17)18/h3-4,6,9,16H,5,7-8H2,1-2H3. The van der Waals surface area contributed by atoms with Crippen molar-refractivity contribution in [3.05, 3.63) is 23.8 Å². The van der Waals surface area contributed by atoms with Crippen molar-refractivity contribution in [3.63, 3.8) is 0 Å². The minimum absolute atomic E-state index is 0.0224. The van der Waals surface area contributed by atoms with Crippen LogP contribution in [0.25, 0.3) is 0 Å². The van der Waals surface area contributed by atoms with Gasteiger partial charge in [0.05, 0.1) is 24.0 Å². The number of carbonyl (C=O) groups is 2. The number of ether oxygens (including phenoxy) is 1. The van der Waals surface area contributed by atoms with Crippen molar-refractivity contribution in [3.8, 4) is 0 Å². The van der Waals surface area contributed by atoms with Gasteiger partial charge in [0.1, 0.15) is 0 Å². The highest BCUT2D eigenvalue weighted by molar-refractivity contribution is 6.18. The van der Waals surface area contributed by atoms with E-state index in [-0.39, 0.29) is 11.8 Å². The summed E-state index contributed by atoms with van der Waals surface area (Å²) in [6, 6.07) is 5.11. The first-order chi connectivity index (χ1) is 9.60. The Balaban J connectivity index is 2.38. The number of rotatable bonds is 4. The van der Waals surface area contributed by atoms with Crippen LogP contribution in [0.2, 0.25) is 0 Å². The van der Waals surface area contributed by atoms with Crippen molar-refractivity contribution in [1.82, 2.24) is 0 Å². The smallest absolute Gasteiger partial charge is 0.337 e. The maximum atomic E-state index is 12.1. The van der Waals surface area contributed by atoms with Gasteiger partial charge in [-0.15, -0.1) is 11.6 Å². The maximum absolute atomic E-state index is 12.1. The van der Waals surface area contributed by atoms with Crippen molar-refractivity contribution in [2.75, 3.05) is 36.8 Å². The molecule has 0 aliphatic carbocycles. The fourth-order valence-electron chi connectivity index (χ4n) is 2.33. The van der Waals surface area contributed by atoms with Gasteiger partial charge in [-0.25, -0.2) is 4.79 Å². The van der Waals surface area contributed by atoms with Gasteiger partial charge in [-0.05, 0) is 24.1 Å². The molecular weight excluding hydrogens is 280 g/mol. The Morgan fingerprint density at radius 2 is 2.30 bits per heavy atom. The number of amides is 1. The molecule has 6 heteroatoms. The lowest BCUT2D eigenvalue weighted by Gasteiger charge is -2.20. The van der Waals surface area contributed by atoms with E-state index in [1.807, 2.05) is 0 Å². The quantitative estimate of drug-likeness (QED) is 0.683. The number of hydrogen-bond acceptors (Lipinski definition) is 4. The van der Waals surface area contributed by atoms with Gasteiger partial charge in [-0.3, -0.25) is 4.79 Å². The number of halogens is 1. The normalized spacial score (nSPS) is 18.2. The van der Waals surface area contributed by atoms with Gasteiger partial charge in [0.15, 0.2) is 0 Å². The third-order valence-corrected chi connectivity index (χ3v) is 3.84. The van der Waals surface area contributed by atoms with Gasteiger partial charge in [0.2, 0.25) is 5.91 Å². The zero-order chi connectivity index (χ0) is 14.7. The molecule has 1 saturated heterocycles. The number of anilines is 2. The van der Waals surface area contributed by atoms with E-state index in [0.29, 0.717) is 30.1 Å². The monoisotopic (exact) mass is 296 g/mol. The Morgan fingerprint density at radius 3 is 2.85 bits per heavy atom. The molecule has 1 amide bonds. The number of carbonyl (C=O) groups excluding carboxylic acids is 2. The molecule has 1 aliphatic heterocycles. The first-order valence-electron chi connectivity index (χ1n) is 6.37. The second-order valence-electron chi connectivity index (χ2n) is 4.70. The van der Waals surface area contributed by atoms with Crippen molar-refractivity contribution < 1.29 is 14.3 Å². The highest BCUT2D eigenvalue weighted by Gasteiger charge is 2.31. The van der Waals surface area contributed by atoms with E-state index in [1.165, 1.54) is 7.11 Å². The summed E-state index contributed by atoms with van der Waals surface area (Å²) in [7, 11) is 3.11. The van der Waals surface area contributed by atoms with Crippen LogP contribution >= 0.6 is 11.6 Å². The van der Waals surface area contributed by atoms with Crippen LogP contribution < -0.4 is 10.2 Å². The van der Waals surface area contributed by atoms with Crippen LogP contribution in [0.3, 0.4) is 0 Å². The van der Waals surface area contributed by atoms with Crippen LogP contribution in [0.4, 0.5) is 11.4 Å². The largest absolute Gasteiger partial charge is 0.465 e. The Hall–Kier alpha value is -1.75. The van der Waals surface area contributed by atoms with E-state index in [0.717, 1.165) is 5.69 Å². The molecule has 1 N–H and O–H groups in total. The first-order valence-corrected chi connectivity index (χ1v) is 6.90. The zero-order valence-corrected chi connectivity index (χ0v) is 12.2. The molecule has 0 radical (unpaired) electrons. The van der Waals surface area contributed by atoms with Gasteiger partial charge in [0, 0.05) is 25.9 Å². The Bertz CT molecular complexity index is 533. The van der Waals surface area contributed by atoms with Crippen molar-refractivity contribution in [2.24, 2.45) is 5.92 Å². The highest BCUT2D eigenvalue weighted by atomic mass is 35.5. The summed E-state index contributed by atoms with van der Waals surface area (Å²) in [5.41, 5.74) is 1.90. The third-order valence-electron chi connectivity index (χ3n) is 3.40. The van der Waals surface area contributed by atoms with E-state index in [1.54, 1.807) is 30.1 Å². The Morgan fingerprint density at radius 1 is 1.55 bits per heavy atom. The molecule has 20 heavy (non-hydrogen) atoms. The Labute approximate surface area is 122 Å². The summed E-state index contributed by atoms with van der Waals surface area (Å²) in [4.78, 5) is 25.4. The number of hydrogen-bond donors (Lipinski definition) is 1. The van der Waals surface area contributed by atoms with Crippen LogP contribution in [0.15, 0.2) is 18.2 Å². The lowest BCUT2D eigenvalue weighted by Crippen LogP contribution is -2.26. The zero-order valence-electron chi connectivity index (χ0n) is 11.5. The average Bonchev–Trinajstić information content (AvgIpc) is 2.86. The minimum atomic E-state index is -0.422. The molecule has 5 nitrogen and oxygen atoms in total. The van der Waals surface area contributed by atoms with Crippen LogP contribution in [-0.4, -0.2) is 38.5 Å². The summed E-state index contributed by atoms with van der Waals surface area (Å²) in [6.45, 7) is 0.571. The third kappa shape index (κ3) is 2.72. The van der Waals surface area contributed by atoms with Crippen LogP contribution in [-0.2, 0) is 9.53 Å². The fourth-order valence-corrected chi connectivity index (χ4v) is 2.54. The number of nitrogens with zero attached hydrogens (tertiary/aromatic N) is 1. The predicted octanol–water partition coefficient (Wildman–Crippen LogP) is 2.11. The molecule has 0 spiro atoms. The molecule has 1 fully saturated rings. The fraction of sp³-hybridized carbons (Fsp3) is 0.429. The molecule has 1 aliphatic rings. The molecule has 1 aromatic carbocycles. The number of esters is 1. The second-order valence-corrected chi connectivity index (χ2v) is 5.01. The number of alkyl halides is 1. The second kappa shape index (κ2) is 6.13. The molecule has 1 heterocycles. The lowest BCUT2D eigenvalue weighted by molar-refractivity contribution is -0.117. The molecule has 2 rings (SSSR count). The number of nitrogens with one attached hydrogen (secondary N) is 1. The summed E-state index contributed by atoms with van der Waals surface area (Å²) < 4.78 is 4.71. The van der Waals surface area contributed by atoms with Crippen LogP contribution in [0.1, 0.15) is 16.8 Å². The van der Waals surface area contributed by atoms with E-state index in [9.17, 15) is 9.59 Å². The maximum Gasteiger partial charge on any atom is 0.337 e. The summed E-state index contributed by atoms with van der Waals surface area (Å²) in [5.74, 6) is 0.202. The van der Waals surface area contributed by atoms with Gasteiger partial charge in [-0.2, -0.15) is 0 Å². The minimum Gasteiger partial charge on any atom is -0.465 e. The molecule has 0 bridgehead atoms. The van der Waals surface area contributed by atoms with E-state index < -0.39 is 5.97 Å². The first kappa shape index (κ1) is 14.7. The van der Waals surface area contributed by atoms with E-state index in [4.69, 9.17) is 16.3 Å². The summed E-state index contributed by atoms with van der Waals surface area (Å²) in [6.07, 6.45) is 0.440. The Kier molecular flexibility index (Phi) is 4.49. The molecule has 108 valence electrons. The van der Waals surface area contributed by atoms with Gasteiger partial charge >= 0.3 is 5.97 Å². The molecular formula is C14H17ClN2O3. The van der Waals surface area contributed by atoms with Crippen molar-refractivity contribution >= 4 is 34.9 Å². The van der Waals surface area contributed by atoms with Crippen LogP contribution in [0.5, 0.6) is 0 Å². The predicted molar refractivity (Wildman–Crippen MR) is 78.5 cm³/mol. The van der Waals surface area contributed by atoms with E-state index >= 15 is 0 Å². The SMILES string of the molecule is CNc1ccc(C(=O)OC)cc1N1CC(CCl)CC1=O. The summed E-state index contributed by atoms with van der Waals surface area (Å²) >= 11 is 5.84.